The largest absolute Gasteiger partial charge is 0.497 e. The molecular weight excluding hydrogens is 430 g/mol. The van der Waals surface area contributed by atoms with E-state index in [1.54, 1.807) is 18.9 Å². The first-order valence-corrected chi connectivity index (χ1v) is 11.3. The molecule has 7 heteroatoms. The van der Waals surface area contributed by atoms with Crippen LogP contribution in [0.1, 0.15) is 50.9 Å². The molecule has 0 radical (unpaired) electrons. The lowest BCUT2D eigenvalue weighted by molar-refractivity contribution is 0.0519. The van der Waals surface area contributed by atoms with Crippen molar-refractivity contribution in [1.82, 2.24) is 9.88 Å². The number of rotatable bonds is 8. The van der Waals surface area contributed by atoms with Crippen molar-refractivity contribution in [1.29, 1.82) is 0 Å². The van der Waals surface area contributed by atoms with Gasteiger partial charge in [0.2, 0.25) is 0 Å². The van der Waals surface area contributed by atoms with Gasteiger partial charge in [-0.15, -0.1) is 0 Å². The van der Waals surface area contributed by atoms with Crippen LogP contribution in [0.25, 0.3) is 0 Å². The molecule has 0 saturated carbocycles. The smallest absolute Gasteiger partial charge is 0.355 e. The van der Waals surface area contributed by atoms with Gasteiger partial charge in [-0.25, -0.2) is 9.59 Å². The van der Waals surface area contributed by atoms with E-state index in [0.717, 1.165) is 44.9 Å². The van der Waals surface area contributed by atoms with Gasteiger partial charge in [-0.1, -0.05) is 24.3 Å². The molecule has 3 aromatic rings. The van der Waals surface area contributed by atoms with Gasteiger partial charge in [0.15, 0.2) is 0 Å². The first-order valence-electron chi connectivity index (χ1n) is 11.3. The van der Waals surface area contributed by atoms with E-state index in [1.165, 1.54) is 0 Å². The minimum Gasteiger partial charge on any atom is -0.497 e. The maximum Gasteiger partial charge on any atom is 0.355 e. The van der Waals surface area contributed by atoms with Gasteiger partial charge >= 0.3 is 12.0 Å². The molecule has 0 saturated heterocycles. The van der Waals surface area contributed by atoms with Crippen LogP contribution in [0.2, 0.25) is 0 Å². The van der Waals surface area contributed by atoms with Gasteiger partial charge in [-0.05, 0) is 80.6 Å². The Balaban J connectivity index is 1.92. The maximum atomic E-state index is 13.5. The van der Waals surface area contributed by atoms with E-state index in [9.17, 15) is 9.59 Å². The molecule has 180 valence electrons. The summed E-state index contributed by atoms with van der Waals surface area (Å²) in [4.78, 5) is 30.7. The van der Waals surface area contributed by atoms with Gasteiger partial charge in [-0.3, -0.25) is 0 Å². The highest BCUT2D eigenvalue weighted by Crippen LogP contribution is 2.24. The first kappa shape index (κ1) is 24.9. The molecule has 0 aliphatic rings. The SMILES string of the molecule is CCOC(=O)c1[nH]c(C)c(CN(Cc2ccc(OC)cc2)C(=O)Nc2cc(C)ccc2C)c1C. The van der Waals surface area contributed by atoms with Crippen LogP contribution in [0, 0.1) is 27.7 Å². The fourth-order valence-corrected chi connectivity index (χ4v) is 3.84. The molecule has 1 aromatic heterocycles. The van der Waals surface area contributed by atoms with Gasteiger partial charge in [0, 0.05) is 24.5 Å². The summed E-state index contributed by atoms with van der Waals surface area (Å²) >= 11 is 0. The molecule has 0 aliphatic heterocycles. The van der Waals surface area contributed by atoms with Crippen LogP contribution in [0.4, 0.5) is 10.5 Å². The number of H-pyrrole nitrogens is 1. The molecule has 0 unspecified atom stereocenters. The summed E-state index contributed by atoms with van der Waals surface area (Å²) in [7, 11) is 1.62. The lowest BCUT2D eigenvalue weighted by Gasteiger charge is -2.24. The number of hydrogen-bond acceptors (Lipinski definition) is 4. The third-order valence-electron chi connectivity index (χ3n) is 5.88. The predicted octanol–water partition coefficient (Wildman–Crippen LogP) is 5.67. The molecule has 34 heavy (non-hydrogen) atoms. The number of ether oxygens (including phenoxy) is 2. The average Bonchev–Trinajstić information content (AvgIpc) is 3.10. The second-order valence-electron chi connectivity index (χ2n) is 8.40. The molecular formula is C27H33N3O4. The van der Waals surface area contributed by atoms with Crippen molar-refractivity contribution in [3.05, 3.63) is 81.7 Å². The number of nitrogens with one attached hydrogen (secondary N) is 2. The van der Waals surface area contributed by atoms with Gasteiger partial charge in [0.25, 0.3) is 0 Å². The number of aryl methyl sites for hydroxylation is 3. The van der Waals surface area contributed by atoms with Crippen molar-refractivity contribution >= 4 is 17.7 Å². The summed E-state index contributed by atoms with van der Waals surface area (Å²) in [5.41, 5.74) is 6.74. The molecule has 0 fully saturated rings. The summed E-state index contributed by atoms with van der Waals surface area (Å²) in [5.74, 6) is 0.363. The molecule has 2 amide bonds. The van der Waals surface area contributed by atoms with Crippen LogP contribution in [-0.2, 0) is 17.8 Å². The number of carbonyl (C=O) groups excluding carboxylic acids is 2. The molecule has 0 atom stereocenters. The van der Waals surface area contributed by atoms with Crippen molar-refractivity contribution in [3.8, 4) is 5.75 Å². The number of benzene rings is 2. The molecule has 2 N–H and O–H groups in total. The number of aromatic amines is 1. The van der Waals surface area contributed by atoms with E-state index in [2.05, 4.69) is 10.3 Å². The van der Waals surface area contributed by atoms with Crippen molar-refractivity contribution < 1.29 is 19.1 Å². The average molecular weight is 464 g/mol. The molecule has 0 aliphatic carbocycles. The van der Waals surface area contributed by atoms with E-state index in [-0.39, 0.29) is 6.03 Å². The normalized spacial score (nSPS) is 10.6. The molecule has 0 spiro atoms. The molecule has 7 nitrogen and oxygen atoms in total. The highest BCUT2D eigenvalue weighted by molar-refractivity contribution is 5.91. The van der Waals surface area contributed by atoms with E-state index >= 15 is 0 Å². The van der Waals surface area contributed by atoms with E-state index in [1.807, 2.05) is 70.2 Å². The minimum atomic E-state index is -0.393. The zero-order valence-electron chi connectivity index (χ0n) is 20.7. The van der Waals surface area contributed by atoms with Crippen LogP contribution in [0.15, 0.2) is 42.5 Å². The Labute approximate surface area is 201 Å². The fourth-order valence-electron chi connectivity index (χ4n) is 3.84. The Morgan fingerprint density at radius 2 is 1.71 bits per heavy atom. The lowest BCUT2D eigenvalue weighted by Crippen LogP contribution is -2.34. The summed E-state index contributed by atoms with van der Waals surface area (Å²) in [6, 6.07) is 13.4. The Morgan fingerprint density at radius 3 is 2.35 bits per heavy atom. The zero-order chi connectivity index (χ0) is 24.8. The highest BCUT2D eigenvalue weighted by atomic mass is 16.5. The van der Waals surface area contributed by atoms with E-state index in [4.69, 9.17) is 9.47 Å². The molecule has 3 rings (SSSR count). The highest BCUT2D eigenvalue weighted by Gasteiger charge is 2.23. The van der Waals surface area contributed by atoms with Crippen LogP contribution < -0.4 is 10.1 Å². The number of amides is 2. The molecule has 1 heterocycles. The molecule has 0 bridgehead atoms. The Bertz CT molecular complexity index is 1170. The Morgan fingerprint density at radius 1 is 1.00 bits per heavy atom. The van der Waals surface area contributed by atoms with Crippen molar-refractivity contribution in [2.45, 2.75) is 47.7 Å². The quantitative estimate of drug-likeness (QED) is 0.422. The van der Waals surface area contributed by atoms with Crippen molar-refractivity contribution in [3.63, 3.8) is 0 Å². The fraction of sp³-hybridized carbons (Fsp3) is 0.333. The van der Waals surface area contributed by atoms with Crippen molar-refractivity contribution in [2.75, 3.05) is 19.0 Å². The van der Waals surface area contributed by atoms with Gasteiger partial charge in [0.05, 0.1) is 13.7 Å². The second kappa shape index (κ2) is 10.9. The maximum absolute atomic E-state index is 13.5. The topological polar surface area (TPSA) is 83.7 Å². The van der Waals surface area contributed by atoms with Crippen LogP contribution in [0.3, 0.4) is 0 Å². The van der Waals surface area contributed by atoms with Crippen molar-refractivity contribution in [2.24, 2.45) is 0 Å². The number of nitrogens with zero attached hydrogens (tertiary/aromatic N) is 1. The summed E-state index contributed by atoms with van der Waals surface area (Å²) in [6.45, 7) is 10.5. The second-order valence-corrected chi connectivity index (χ2v) is 8.40. The van der Waals surface area contributed by atoms with E-state index in [0.29, 0.717) is 25.4 Å². The number of methoxy groups -OCH3 is 1. The van der Waals surface area contributed by atoms with Crippen LogP contribution in [-0.4, -0.2) is 35.6 Å². The van der Waals surface area contributed by atoms with Gasteiger partial charge in [0.1, 0.15) is 11.4 Å². The monoisotopic (exact) mass is 463 g/mol. The number of hydrogen-bond donors (Lipinski definition) is 2. The summed E-state index contributed by atoms with van der Waals surface area (Å²) < 4.78 is 10.4. The standard InChI is InChI=1S/C27H33N3O4/c1-7-34-26(31)25-19(4)23(20(5)28-25)16-30(15-21-10-12-22(33-6)13-11-21)27(32)29-24-14-17(2)8-9-18(24)3/h8-14,28H,7,15-16H2,1-6H3,(H,29,32). The zero-order valence-corrected chi connectivity index (χ0v) is 20.7. The predicted molar refractivity (Wildman–Crippen MR) is 133 cm³/mol. The third kappa shape index (κ3) is 5.78. The van der Waals surface area contributed by atoms with Crippen LogP contribution in [0.5, 0.6) is 5.75 Å². The number of aromatic nitrogens is 1. The van der Waals surface area contributed by atoms with Gasteiger partial charge in [-0.2, -0.15) is 0 Å². The number of carbonyl (C=O) groups is 2. The summed E-state index contributed by atoms with van der Waals surface area (Å²) in [5, 5.41) is 3.06. The summed E-state index contributed by atoms with van der Waals surface area (Å²) in [6.07, 6.45) is 0. The minimum absolute atomic E-state index is 0.220. The molecule has 2 aromatic carbocycles. The number of urea groups is 1. The number of anilines is 1. The van der Waals surface area contributed by atoms with E-state index < -0.39 is 5.97 Å². The first-order chi connectivity index (χ1) is 16.2. The Kier molecular flexibility index (Phi) is 7.99. The van der Waals surface area contributed by atoms with Crippen LogP contribution >= 0.6 is 0 Å². The Hall–Kier alpha value is -3.74. The lowest BCUT2D eigenvalue weighted by atomic mass is 10.1. The third-order valence-corrected chi connectivity index (χ3v) is 5.88. The van der Waals surface area contributed by atoms with Gasteiger partial charge < -0.3 is 24.7 Å². The number of esters is 1.